The normalized spacial score (nSPS) is 12.7. The number of carbonyl (C=O) groups is 2. The first-order valence-electron chi connectivity index (χ1n) is 9.23. The molecule has 29 heavy (non-hydrogen) atoms. The van der Waals surface area contributed by atoms with Gasteiger partial charge in [0.1, 0.15) is 5.82 Å². The number of primary amides is 1. The average Bonchev–Trinajstić information content (AvgIpc) is 2.63. The molecule has 0 unspecified atom stereocenters. The molecule has 2 amide bonds. The SMILES string of the molecule is CC[C@@H](Nc1nc(Nc2ccc(C)c(C)c2)c(C(N)=O)cc1F)[C@H](C)NC(=O)O. The third kappa shape index (κ3) is 5.56. The molecule has 156 valence electrons. The van der Waals surface area contributed by atoms with E-state index >= 15 is 0 Å². The summed E-state index contributed by atoms with van der Waals surface area (Å²) in [5.74, 6) is -1.57. The lowest BCUT2D eigenvalue weighted by Gasteiger charge is -2.25. The van der Waals surface area contributed by atoms with E-state index in [0.717, 1.165) is 17.2 Å². The fourth-order valence-corrected chi connectivity index (χ4v) is 2.88. The van der Waals surface area contributed by atoms with Crippen molar-refractivity contribution in [3.63, 3.8) is 0 Å². The van der Waals surface area contributed by atoms with E-state index in [-0.39, 0.29) is 17.2 Å². The number of carbonyl (C=O) groups excluding carboxylic acids is 1. The fraction of sp³-hybridized carbons (Fsp3) is 0.350. The lowest BCUT2D eigenvalue weighted by Crippen LogP contribution is -2.44. The van der Waals surface area contributed by atoms with Crippen molar-refractivity contribution in [1.82, 2.24) is 10.3 Å². The number of hydrogen-bond acceptors (Lipinski definition) is 5. The van der Waals surface area contributed by atoms with E-state index in [1.165, 1.54) is 0 Å². The van der Waals surface area contributed by atoms with Crippen molar-refractivity contribution >= 4 is 29.3 Å². The van der Waals surface area contributed by atoms with Gasteiger partial charge in [0.05, 0.1) is 5.56 Å². The number of nitrogens with zero attached hydrogens (tertiary/aromatic N) is 1. The number of rotatable bonds is 8. The van der Waals surface area contributed by atoms with Crippen molar-refractivity contribution in [2.24, 2.45) is 5.73 Å². The Bertz CT molecular complexity index is 919. The van der Waals surface area contributed by atoms with Crippen LogP contribution in [0.1, 0.15) is 41.8 Å². The van der Waals surface area contributed by atoms with Gasteiger partial charge >= 0.3 is 6.09 Å². The third-order valence-electron chi connectivity index (χ3n) is 4.73. The second-order valence-electron chi connectivity index (χ2n) is 6.90. The van der Waals surface area contributed by atoms with Crippen molar-refractivity contribution < 1.29 is 19.1 Å². The second kappa shape index (κ2) is 9.22. The van der Waals surface area contributed by atoms with Gasteiger partial charge in [0.15, 0.2) is 11.6 Å². The summed E-state index contributed by atoms with van der Waals surface area (Å²) in [6.07, 6.45) is -0.660. The van der Waals surface area contributed by atoms with Gasteiger partial charge in [0, 0.05) is 17.8 Å². The van der Waals surface area contributed by atoms with Gasteiger partial charge in [-0.2, -0.15) is 0 Å². The highest BCUT2D eigenvalue weighted by Crippen LogP contribution is 2.25. The van der Waals surface area contributed by atoms with Gasteiger partial charge in [-0.05, 0) is 56.5 Å². The standard InChI is InChI=1S/C20H26FN5O3/c1-5-16(12(4)23-20(28)29)25-19-15(21)9-14(17(22)27)18(26-19)24-13-7-6-10(2)11(3)8-13/h6-9,12,16,23H,5H2,1-4H3,(H2,22,27)(H,28,29)(H2,24,25,26)/t12-,16+/m0/s1. The summed E-state index contributed by atoms with van der Waals surface area (Å²) in [5, 5.41) is 17.2. The number of anilines is 3. The van der Waals surface area contributed by atoms with Crippen molar-refractivity contribution in [3.8, 4) is 0 Å². The molecule has 0 saturated heterocycles. The molecule has 0 radical (unpaired) electrons. The number of halogens is 1. The quantitative estimate of drug-likeness (QED) is 0.458. The summed E-state index contributed by atoms with van der Waals surface area (Å²) < 4.78 is 14.6. The van der Waals surface area contributed by atoms with Crippen LogP contribution in [0.4, 0.5) is 26.5 Å². The minimum Gasteiger partial charge on any atom is -0.465 e. The Balaban J connectivity index is 2.38. The van der Waals surface area contributed by atoms with Crippen molar-refractivity contribution in [3.05, 3.63) is 46.8 Å². The molecule has 0 saturated carbocycles. The average molecular weight is 403 g/mol. The maximum atomic E-state index is 14.6. The summed E-state index contributed by atoms with van der Waals surface area (Å²) in [4.78, 5) is 26.9. The molecule has 0 aliphatic carbocycles. The van der Waals surface area contributed by atoms with E-state index in [9.17, 15) is 14.0 Å². The molecule has 0 bridgehead atoms. The summed E-state index contributed by atoms with van der Waals surface area (Å²) in [7, 11) is 0. The van der Waals surface area contributed by atoms with Crippen LogP contribution in [0.3, 0.4) is 0 Å². The first kappa shape index (κ1) is 21.9. The largest absolute Gasteiger partial charge is 0.465 e. The maximum Gasteiger partial charge on any atom is 0.404 e. The minimum atomic E-state index is -1.17. The van der Waals surface area contributed by atoms with Gasteiger partial charge in [-0.3, -0.25) is 4.79 Å². The van der Waals surface area contributed by atoms with Gasteiger partial charge in [0.2, 0.25) is 0 Å². The number of amides is 2. The van der Waals surface area contributed by atoms with E-state index in [4.69, 9.17) is 10.8 Å². The maximum absolute atomic E-state index is 14.6. The Labute approximate surface area is 168 Å². The van der Waals surface area contributed by atoms with Crippen LogP contribution in [0.2, 0.25) is 0 Å². The lowest BCUT2D eigenvalue weighted by molar-refractivity contribution is 0.100. The molecule has 0 fully saturated rings. The number of aromatic nitrogens is 1. The molecule has 9 heteroatoms. The Hall–Kier alpha value is -3.36. The molecule has 2 aromatic rings. The zero-order chi connectivity index (χ0) is 21.7. The van der Waals surface area contributed by atoms with Gasteiger partial charge in [0.25, 0.3) is 5.91 Å². The van der Waals surface area contributed by atoms with Crippen LogP contribution in [0.15, 0.2) is 24.3 Å². The highest BCUT2D eigenvalue weighted by molar-refractivity contribution is 5.98. The smallest absolute Gasteiger partial charge is 0.404 e. The first-order valence-corrected chi connectivity index (χ1v) is 9.23. The number of pyridine rings is 1. The summed E-state index contributed by atoms with van der Waals surface area (Å²) >= 11 is 0. The Kier molecular flexibility index (Phi) is 6.98. The molecule has 0 spiro atoms. The van der Waals surface area contributed by atoms with Crippen LogP contribution in [0.5, 0.6) is 0 Å². The summed E-state index contributed by atoms with van der Waals surface area (Å²) in [5.41, 5.74) is 8.12. The molecule has 1 aromatic carbocycles. The molecule has 6 N–H and O–H groups in total. The number of carboxylic acid groups (broad SMARTS) is 1. The zero-order valence-corrected chi connectivity index (χ0v) is 16.8. The van der Waals surface area contributed by atoms with Crippen LogP contribution in [0.25, 0.3) is 0 Å². The van der Waals surface area contributed by atoms with Gasteiger partial charge < -0.3 is 26.8 Å². The lowest BCUT2D eigenvalue weighted by atomic mass is 10.1. The van der Waals surface area contributed by atoms with E-state index in [0.29, 0.717) is 12.1 Å². The first-order chi connectivity index (χ1) is 13.6. The van der Waals surface area contributed by atoms with Crippen molar-refractivity contribution in [2.75, 3.05) is 10.6 Å². The van der Waals surface area contributed by atoms with Gasteiger partial charge in [-0.25, -0.2) is 14.2 Å². The molecule has 1 aromatic heterocycles. The van der Waals surface area contributed by atoms with Crippen LogP contribution in [0, 0.1) is 19.7 Å². The molecule has 0 aliphatic rings. The number of nitrogens with two attached hydrogens (primary N) is 1. The number of aryl methyl sites for hydroxylation is 2. The molecular weight excluding hydrogens is 377 g/mol. The molecular formula is C20H26FN5O3. The predicted molar refractivity (Wildman–Crippen MR) is 110 cm³/mol. The van der Waals surface area contributed by atoms with Crippen LogP contribution < -0.4 is 21.7 Å². The van der Waals surface area contributed by atoms with Crippen molar-refractivity contribution in [2.45, 2.75) is 46.2 Å². The molecule has 8 nitrogen and oxygen atoms in total. The van der Waals surface area contributed by atoms with Crippen LogP contribution >= 0.6 is 0 Å². The number of hydrogen-bond donors (Lipinski definition) is 5. The van der Waals surface area contributed by atoms with E-state index in [2.05, 4.69) is 20.9 Å². The molecule has 1 heterocycles. The third-order valence-corrected chi connectivity index (χ3v) is 4.73. The Morgan fingerprint density at radius 3 is 2.45 bits per heavy atom. The Morgan fingerprint density at radius 2 is 1.90 bits per heavy atom. The Morgan fingerprint density at radius 1 is 1.21 bits per heavy atom. The summed E-state index contributed by atoms with van der Waals surface area (Å²) in [6, 6.07) is 5.72. The highest BCUT2D eigenvalue weighted by Gasteiger charge is 2.22. The fourth-order valence-electron chi connectivity index (χ4n) is 2.88. The predicted octanol–water partition coefficient (Wildman–Crippen LogP) is 3.53. The zero-order valence-electron chi connectivity index (χ0n) is 16.8. The summed E-state index contributed by atoms with van der Waals surface area (Å²) in [6.45, 7) is 7.42. The van der Waals surface area contributed by atoms with Crippen LogP contribution in [-0.4, -0.2) is 34.2 Å². The molecule has 2 rings (SSSR count). The van der Waals surface area contributed by atoms with Gasteiger partial charge in [-0.15, -0.1) is 0 Å². The number of benzene rings is 1. The van der Waals surface area contributed by atoms with Gasteiger partial charge in [-0.1, -0.05) is 13.0 Å². The molecule has 0 aliphatic heterocycles. The monoisotopic (exact) mass is 403 g/mol. The topological polar surface area (TPSA) is 129 Å². The van der Waals surface area contributed by atoms with E-state index in [1.807, 2.05) is 39.0 Å². The number of nitrogens with one attached hydrogen (secondary N) is 3. The van der Waals surface area contributed by atoms with E-state index < -0.39 is 29.9 Å². The van der Waals surface area contributed by atoms with Crippen LogP contribution in [-0.2, 0) is 0 Å². The van der Waals surface area contributed by atoms with E-state index in [1.54, 1.807) is 6.92 Å². The van der Waals surface area contributed by atoms with Crippen molar-refractivity contribution in [1.29, 1.82) is 0 Å². The molecule has 2 atom stereocenters. The second-order valence-corrected chi connectivity index (χ2v) is 6.90. The minimum absolute atomic E-state index is 0.0870. The highest BCUT2D eigenvalue weighted by atomic mass is 19.1.